The van der Waals surface area contributed by atoms with E-state index in [1.807, 2.05) is 12.1 Å². The number of hydrogen-bond donors (Lipinski definition) is 1. The standard InChI is InChI=1S/C20H20NO6P/c1-25-28(24,26-2)12-11-14-7-9-15(10-8-14)21-20(23)19-13-17(22)16-5-3-4-6-18(16)27-19/h3-10,13H,11-12H2,1-2H3,(H,21,23). The maximum atomic E-state index is 12.4. The Hall–Kier alpha value is -2.73. The van der Waals surface area contributed by atoms with Gasteiger partial charge in [0.05, 0.1) is 11.5 Å². The highest BCUT2D eigenvalue weighted by Gasteiger charge is 2.20. The molecule has 0 radical (unpaired) electrons. The maximum Gasteiger partial charge on any atom is 0.330 e. The summed E-state index contributed by atoms with van der Waals surface area (Å²) >= 11 is 0. The molecule has 0 atom stereocenters. The summed E-state index contributed by atoms with van der Waals surface area (Å²) in [6.07, 6.45) is 0.765. The van der Waals surface area contributed by atoms with E-state index in [1.54, 1.807) is 36.4 Å². The van der Waals surface area contributed by atoms with E-state index in [1.165, 1.54) is 20.3 Å². The van der Waals surface area contributed by atoms with E-state index >= 15 is 0 Å². The molecule has 0 saturated carbocycles. The van der Waals surface area contributed by atoms with Crippen molar-refractivity contribution in [2.75, 3.05) is 25.7 Å². The monoisotopic (exact) mass is 401 g/mol. The highest BCUT2D eigenvalue weighted by Crippen LogP contribution is 2.46. The van der Waals surface area contributed by atoms with Gasteiger partial charge in [0.2, 0.25) is 0 Å². The minimum atomic E-state index is -3.06. The largest absolute Gasteiger partial charge is 0.451 e. The molecule has 1 amide bonds. The molecular weight excluding hydrogens is 381 g/mol. The average molecular weight is 401 g/mol. The molecule has 0 aliphatic carbocycles. The van der Waals surface area contributed by atoms with Crippen LogP contribution in [-0.2, 0) is 20.0 Å². The van der Waals surface area contributed by atoms with Gasteiger partial charge in [-0.25, -0.2) is 0 Å². The summed E-state index contributed by atoms with van der Waals surface area (Å²) in [6.45, 7) is 0. The lowest BCUT2D eigenvalue weighted by Gasteiger charge is -2.13. The molecule has 0 bridgehead atoms. The summed E-state index contributed by atoms with van der Waals surface area (Å²) in [7, 11) is -0.347. The lowest BCUT2D eigenvalue weighted by atomic mass is 10.1. The number of carbonyl (C=O) groups excluding carboxylic acids is 1. The highest BCUT2D eigenvalue weighted by atomic mass is 31.2. The van der Waals surface area contributed by atoms with Gasteiger partial charge >= 0.3 is 7.60 Å². The minimum Gasteiger partial charge on any atom is -0.451 e. The third-order valence-electron chi connectivity index (χ3n) is 4.30. The Morgan fingerprint density at radius 1 is 1.07 bits per heavy atom. The van der Waals surface area contributed by atoms with Gasteiger partial charge in [-0.05, 0) is 36.2 Å². The summed E-state index contributed by atoms with van der Waals surface area (Å²) in [5.41, 5.74) is 1.55. The Kier molecular flexibility index (Phi) is 6.09. The summed E-state index contributed by atoms with van der Waals surface area (Å²) < 4.78 is 27.4. The third-order valence-corrected chi connectivity index (χ3v) is 6.18. The van der Waals surface area contributed by atoms with Crippen LogP contribution in [0, 0.1) is 0 Å². The molecule has 0 fully saturated rings. The summed E-state index contributed by atoms with van der Waals surface area (Å²) in [5, 5.41) is 3.12. The Morgan fingerprint density at radius 2 is 1.75 bits per heavy atom. The number of hydrogen-bond acceptors (Lipinski definition) is 6. The lowest BCUT2D eigenvalue weighted by Crippen LogP contribution is -2.15. The van der Waals surface area contributed by atoms with E-state index in [-0.39, 0.29) is 17.4 Å². The zero-order valence-corrected chi connectivity index (χ0v) is 16.4. The van der Waals surface area contributed by atoms with Crippen molar-refractivity contribution in [1.82, 2.24) is 0 Å². The topological polar surface area (TPSA) is 94.8 Å². The summed E-state index contributed by atoms with van der Waals surface area (Å²) in [6, 6.07) is 15.0. The van der Waals surface area contributed by atoms with Gasteiger partial charge in [0.25, 0.3) is 5.91 Å². The van der Waals surface area contributed by atoms with Crippen molar-refractivity contribution in [2.24, 2.45) is 0 Å². The number of amides is 1. The summed E-state index contributed by atoms with van der Waals surface area (Å²) in [4.78, 5) is 24.5. The average Bonchev–Trinajstić information content (AvgIpc) is 2.73. The molecule has 2 aromatic carbocycles. The van der Waals surface area contributed by atoms with E-state index in [2.05, 4.69) is 5.32 Å². The van der Waals surface area contributed by atoms with Crippen molar-refractivity contribution in [3.8, 4) is 0 Å². The third kappa shape index (κ3) is 4.57. The smallest absolute Gasteiger partial charge is 0.330 e. The van der Waals surface area contributed by atoms with Gasteiger partial charge in [-0.3, -0.25) is 14.2 Å². The quantitative estimate of drug-likeness (QED) is 0.600. The summed E-state index contributed by atoms with van der Waals surface area (Å²) in [5.74, 6) is -0.576. The zero-order chi connectivity index (χ0) is 20.1. The van der Waals surface area contributed by atoms with Gasteiger partial charge in [0, 0.05) is 26.0 Å². The van der Waals surface area contributed by atoms with Crippen molar-refractivity contribution in [2.45, 2.75) is 6.42 Å². The number of rotatable bonds is 7. The number of fused-ring (bicyclic) bond motifs is 1. The molecule has 8 heteroatoms. The molecule has 28 heavy (non-hydrogen) atoms. The number of nitrogens with one attached hydrogen (secondary N) is 1. The SMILES string of the molecule is COP(=O)(CCc1ccc(NC(=O)c2cc(=O)c3ccccc3o2)cc1)OC. The Labute approximate surface area is 161 Å². The zero-order valence-electron chi connectivity index (χ0n) is 15.5. The fraction of sp³-hybridized carbons (Fsp3) is 0.200. The number of benzene rings is 2. The predicted molar refractivity (Wildman–Crippen MR) is 107 cm³/mol. The van der Waals surface area contributed by atoms with E-state index in [0.29, 0.717) is 23.1 Å². The van der Waals surface area contributed by atoms with Crippen LogP contribution >= 0.6 is 7.60 Å². The van der Waals surface area contributed by atoms with Crippen LogP contribution in [0.25, 0.3) is 11.0 Å². The van der Waals surface area contributed by atoms with Crippen molar-refractivity contribution in [1.29, 1.82) is 0 Å². The maximum absolute atomic E-state index is 12.4. The highest BCUT2D eigenvalue weighted by molar-refractivity contribution is 7.53. The normalized spacial score (nSPS) is 11.5. The molecule has 3 rings (SSSR count). The first-order valence-electron chi connectivity index (χ1n) is 8.58. The van der Waals surface area contributed by atoms with Gasteiger partial charge in [-0.15, -0.1) is 0 Å². The van der Waals surface area contributed by atoms with Gasteiger partial charge in [0.15, 0.2) is 11.2 Å². The van der Waals surface area contributed by atoms with Crippen LogP contribution in [0.3, 0.4) is 0 Å². The first kappa shape index (κ1) is 20.0. The number of para-hydroxylation sites is 1. The molecule has 0 aliphatic rings. The fourth-order valence-corrected chi connectivity index (χ4v) is 3.73. The minimum absolute atomic E-state index is 0.0612. The van der Waals surface area contributed by atoms with Crippen LogP contribution in [0.2, 0.25) is 0 Å². The first-order chi connectivity index (χ1) is 13.4. The molecule has 0 saturated heterocycles. The molecule has 0 spiro atoms. The molecular formula is C20H20NO6P. The molecule has 1 heterocycles. The number of anilines is 1. The van der Waals surface area contributed by atoms with E-state index in [9.17, 15) is 14.2 Å². The van der Waals surface area contributed by atoms with Crippen LogP contribution in [0.1, 0.15) is 16.1 Å². The number of carbonyl (C=O) groups is 1. The molecule has 0 unspecified atom stereocenters. The van der Waals surface area contributed by atoms with Crippen LogP contribution in [0.15, 0.2) is 63.8 Å². The van der Waals surface area contributed by atoms with Gasteiger partial charge in [0.1, 0.15) is 5.58 Å². The van der Waals surface area contributed by atoms with Crippen LogP contribution < -0.4 is 10.7 Å². The molecule has 0 aliphatic heterocycles. The van der Waals surface area contributed by atoms with Crippen molar-refractivity contribution in [3.63, 3.8) is 0 Å². The second-order valence-electron chi connectivity index (χ2n) is 6.07. The molecule has 7 nitrogen and oxygen atoms in total. The number of aryl methyl sites for hydroxylation is 1. The fourth-order valence-electron chi connectivity index (χ4n) is 2.69. The first-order valence-corrected chi connectivity index (χ1v) is 10.3. The lowest BCUT2D eigenvalue weighted by molar-refractivity contribution is 0.0997. The molecule has 1 aromatic heterocycles. The van der Waals surface area contributed by atoms with Crippen molar-refractivity contribution < 1.29 is 22.8 Å². The second kappa shape index (κ2) is 8.52. The second-order valence-corrected chi connectivity index (χ2v) is 8.47. The van der Waals surface area contributed by atoms with Crippen molar-refractivity contribution in [3.05, 3.63) is 76.1 Å². The van der Waals surface area contributed by atoms with E-state index in [4.69, 9.17) is 13.5 Å². The predicted octanol–water partition coefficient (Wildman–Crippen LogP) is 4.07. The Bertz CT molecular complexity index is 1080. The van der Waals surface area contributed by atoms with Gasteiger partial charge in [-0.2, -0.15) is 0 Å². The Balaban J connectivity index is 1.69. The van der Waals surface area contributed by atoms with E-state index < -0.39 is 13.5 Å². The van der Waals surface area contributed by atoms with E-state index in [0.717, 1.165) is 5.56 Å². The van der Waals surface area contributed by atoms with Gasteiger partial charge in [-0.1, -0.05) is 24.3 Å². The molecule has 3 aromatic rings. The molecule has 1 N–H and O–H groups in total. The Morgan fingerprint density at radius 3 is 2.43 bits per heavy atom. The van der Waals surface area contributed by atoms with Crippen LogP contribution in [0.5, 0.6) is 0 Å². The molecule has 146 valence electrons. The van der Waals surface area contributed by atoms with Crippen LogP contribution in [-0.4, -0.2) is 26.3 Å². The van der Waals surface area contributed by atoms with Crippen LogP contribution in [0.4, 0.5) is 5.69 Å². The van der Waals surface area contributed by atoms with Gasteiger partial charge < -0.3 is 18.8 Å². The van der Waals surface area contributed by atoms with Crippen molar-refractivity contribution >= 4 is 30.2 Å².